The van der Waals surface area contributed by atoms with Gasteiger partial charge in [-0.1, -0.05) is 0 Å². The summed E-state index contributed by atoms with van der Waals surface area (Å²) in [5.41, 5.74) is 0.178. The lowest BCUT2D eigenvalue weighted by Gasteiger charge is -2.22. The van der Waals surface area contributed by atoms with Crippen molar-refractivity contribution in [3.63, 3.8) is 0 Å². The van der Waals surface area contributed by atoms with Crippen molar-refractivity contribution < 1.29 is 5.11 Å². The van der Waals surface area contributed by atoms with Gasteiger partial charge >= 0.3 is 0 Å². The van der Waals surface area contributed by atoms with E-state index in [0.717, 1.165) is 18.0 Å². The summed E-state index contributed by atoms with van der Waals surface area (Å²) in [6.45, 7) is 3.19. The summed E-state index contributed by atoms with van der Waals surface area (Å²) < 4.78 is 0. The van der Waals surface area contributed by atoms with Gasteiger partial charge in [0.05, 0.1) is 10.6 Å². The number of nitrogens with one attached hydrogen (secondary N) is 1. The van der Waals surface area contributed by atoms with E-state index in [1.807, 2.05) is 29.9 Å². The monoisotopic (exact) mass is 294 g/mol. The van der Waals surface area contributed by atoms with Crippen LogP contribution in [-0.2, 0) is 12.1 Å². The van der Waals surface area contributed by atoms with Crippen molar-refractivity contribution in [2.24, 2.45) is 0 Å². The van der Waals surface area contributed by atoms with Crippen LogP contribution in [-0.4, -0.2) is 16.6 Å². The molecular formula is C14H18N2OS2. The van der Waals surface area contributed by atoms with Crippen LogP contribution < -0.4 is 5.32 Å². The first-order chi connectivity index (χ1) is 9.15. The van der Waals surface area contributed by atoms with Crippen molar-refractivity contribution in [1.82, 2.24) is 10.3 Å². The highest BCUT2D eigenvalue weighted by molar-refractivity contribution is 7.11. The maximum atomic E-state index is 10.4. The number of nitrogens with zero attached hydrogens (tertiary/aromatic N) is 1. The van der Waals surface area contributed by atoms with Gasteiger partial charge in [0.15, 0.2) is 0 Å². The summed E-state index contributed by atoms with van der Waals surface area (Å²) in [7, 11) is 0. The standard InChI is InChI=1S/C14H18N2OS2/c1-14(17,11-4-5-18-8-11)9-15-6-12-7-16-13(19-12)10-2-3-10/h4-5,7-8,10,15,17H,2-3,6,9H2,1H3. The number of hydrogen-bond acceptors (Lipinski definition) is 5. The number of aliphatic hydroxyl groups is 1. The number of rotatable bonds is 6. The molecule has 1 aliphatic rings. The van der Waals surface area contributed by atoms with Crippen molar-refractivity contribution in [3.05, 3.63) is 38.5 Å². The fourth-order valence-corrected chi connectivity index (χ4v) is 3.86. The van der Waals surface area contributed by atoms with Crippen molar-refractivity contribution in [3.8, 4) is 0 Å². The minimum absolute atomic E-state index is 0.556. The molecule has 19 heavy (non-hydrogen) atoms. The average Bonchev–Trinajstić information content (AvgIpc) is 2.92. The van der Waals surface area contributed by atoms with Crippen LogP contribution in [0.15, 0.2) is 23.0 Å². The number of aromatic nitrogens is 1. The lowest BCUT2D eigenvalue weighted by Crippen LogP contribution is -2.34. The molecule has 2 heterocycles. The van der Waals surface area contributed by atoms with Gasteiger partial charge in [0, 0.05) is 30.1 Å². The zero-order valence-corrected chi connectivity index (χ0v) is 12.6. The minimum Gasteiger partial charge on any atom is -0.384 e. The lowest BCUT2D eigenvalue weighted by molar-refractivity contribution is 0.0572. The Morgan fingerprint density at radius 1 is 1.53 bits per heavy atom. The highest BCUT2D eigenvalue weighted by Crippen LogP contribution is 2.41. The van der Waals surface area contributed by atoms with Crippen LogP contribution in [0.3, 0.4) is 0 Å². The van der Waals surface area contributed by atoms with Gasteiger partial charge in [-0.15, -0.1) is 11.3 Å². The van der Waals surface area contributed by atoms with Crippen LogP contribution in [0, 0.1) is 0 Å². The molecule has 1 aliphatic carbocycles. The molecule has 2 N–H and O–H groups in total. The first-order valence-electron chi connectivity index (χ1n) is 6.55. The van der Waals surface area contributed by atoms with Crippen LogP contribution in [0.4, 0.5) is 0 Å². The smallest absolute Gasteiger partial charge is 0.1000 e. The summed E-state index contributed by atoms with van der Waals surface area (Å²) in [5.74, 6) is 0.729. The maximum Gasteiger partial charge on any atom is 0.1000 e. The SMILES string of the molecule is CC(O)(CNCc1cnc(C2CC2)s1)c1ccsc1. The van der Waals surface area contributed by atoms with E-state index in [1.54, 1.807) is 22.7 Å². The Kier molecular flexibility index (Phi) is 3.71. The van der Waals surface area contributed by atoms with E-state index >= 15 is 0 Å². The molecule has 3 rings (SSSR count). The van der Waals surface area contributed by atoms with Gasteiger partial charge in [0.25, 0.3) is 0 Å². The van der Waals surface area contributed by atoms with E-state index in [-0.39, 0.29) is 0 Å². The second-order valence-corrected chi connectivity index (χ2v) is 7.26. The van der Waals surface area contributed by atoms with E-state index in [1.165, 1.54) is 22.7 Å². The first-order valence-corrected chi connectivity index (χ1v) is 8.31. The highest BCUT2D eigenvalue weighted by Gasteiger charge is 2.27. The third kappa shape index (κ3) is 3.23. The van der Waals surface area contributed by atoms with Crippen LogP contribution in [0.25, 0.3) is 0 Å². The van der Waals surface area contributed by atoms with Crippen molar-refractivity contribution in [2.75, 3.05) is 6.54 Å². The van der Waals surface area contributed by atoms with Crippen LogP contribution in [0.1, 0.15) is 41.1 Å². The van der Waals surface area contributed by atoms with Crippen molar-refractivity contribution in [1.29, 1.82) is 0 Å². The summed E-state index contributed by atoms with van der Waals surface area (Å²) in [4.78, 5) is 5.71. The molecule has 0 amide bonds. The molecule has 1 atom stereocenters. The van der Waals surface area contributed by atoms with E-state index in [9.17, 15) is 5.11 Å². The Labute approximate surface area is 121 Å². The zero-order chi connectivity index (χ0) is 13.3. The van der Waals surface area contributed by atoms with Gasteiger partial charge in [0.2, 0.25) is 0 Å². The molecular weight excluding hydrogens is 276 g/mol. The van der Waals surface area contributed by atoms with Gasteiger partial charge < -0.3 is 10.4 Å². The van der Waals surface area contributed by atoms with E-state index in [4.69, 9.17) is 0 Å². The quantitative estimate of drug-likeness (QED) is 0.860. The van der Waals surface area contributed by atoms with Gasteiger partial charge in [-0.25, -0.2) is 4.98 Å². The normalized spacial score (nSPS) is 18.4. The molecule has 1 fully saturated rings. The predicted octanol–water partition coefficient (Wildman–Crippen LogP) is 3.08. The Hall–Kier alpha value is -0.750. The van der Waals surface area contributed by atoms with Gasteiger partial charge in [-0.2, -0.15) is 11.3 Å². The van der Waals surface area contributed by atoms with Crippen LogP contribution in [0.2, 0.25) is 0 Å². The molecule has 5 heteroatoms. The number of thiazole rings is 1. The summed E-state index contributed by atoms with van der Waals surface area (Å²) in [6, 6.07) is 1.98. The molecule has 0 bridgehead atoms. The molecule has 102 valence electrons. The second kappa shape index (κ2) is 5.32. The second-order valence-electron chi connectivity index (χ2n) is 5.33. The Morgan fingerprint density at radius 3 is 3.05 bits per heavy atom. The summed E-state index contributed by atoms with van der Waals surface area (Å²) in [5, 5.41) is 19.0. The average molecular weight is 294 g/mol. The Balaban J connectivity index is 1.51. The minimum atomic E-state index is -0.802. The third-order valence-corrected chi connectivity index (χ3v) is 5.25. The highest BCUT2D eigenvalue weighted by atomic mass is 32.1. The fraction of sp³-hybridized carbons (Fsp3) is 0.500. The molecule has 0 radical (unpaired) electrons. The molecule has 0 aliphatic heterocycles. The van der Waals surface area contributed by atoms with E-state index in [0.29, 0.717) is 6.54 Å². The fourth-order valence-electron chi connectivity index (χ4n) is 2.03. The van der Waals surface area contributed by atoms with Crippen LogP contribution >= 0.6 is 22.7 Å². The molecule has 2 aromatic rings. The van der Waals surface area contributed by atoms with Crippen molar-refractivity contribution in [2.45, 2.75) is 37.8 Å². The van der Waals surface area contributed by atoms with Gasteiger partial charge in [0.1, 0.15) is 0 Å². The van der Waals surface area contributed by atoms with Crippen molar-refractivity contribution >= 4 is 22.7 Å². The molecule has 2 aromatic heterocycles. The Bertz CT molecular complexity index is 529. The van der Waals surface area contributed by atoms with Gasteiger partial charge in [-0.05, 0) is 42.2 Å². The first kappa shape index (κ1) is 13.2. The van der Waals surface area contributed by atoms with E-state index < -0.39 is 5.60 Å². The molecule has 1 unspecified atom stereocenters. The summed E-state index contributed by atoms with van der Waals surface area (Å²) in [6.07, 6.45) is 4.56. The lowest BCUT2D eigenvalue weighted by atomic mass is 9.99. The van der Waals surface area contributed by atoms with E-state index in [2.05, 4.69) is 10.3 Å². The number of hydrogen-bond donors (Lipinski definition) is 2. The topological polar surface area (TPSA) is 45.1 Å². The summed E-state index contributed by atoms with van der Waals surface area (Å²) >= 11 is 3.41. The Morgan fingerprint density at radius 2 is 2.37 bits per heavy atom. The predicted molar refractivity (Wildman–Crippen MR) is 79.7 cm³/mol. The van der Waals surface area contributed by atoms with Crippen LogP contribution in [0.5, 0.6) is 0 Å². The molecule has 0 spiro atoms. The largest absolute Gasteiger partial charge is 0.384 e. The zero-order valence-electron chi connectivity index (χ0n) is 10.9. The number of thiophene rings is 1. The maximum absolute atomic E-state index is 10.4. The third-order valence-electron chi connectivity index (χ3n) is 3.41. The molecule has 0 aromatic carbocycles. The molecule has 1 saturated carbocycles. The molecule has 3 nitrogen and oxygen atoms in total. The van der Waals surface area contributed by atoms with Gasteiger partial charge in [-0.3, -0.25) is 0 Å². The molecule has 0 saturated heterocycles.